The first-order chi connectivity index (χ1) is 9.90. The van der Waals surface area contributed by atoms with Crippen LogP contribution in [0.5, 0.6) is 0 Å². The van der Waals surface area contributed by atoms with Gasteiger partial charge in [-0.1, -0.05) is 0 Å². The summed E-state index contributed by atoms with van der Waals surface area (Å²) in [4.78, 5) is 15.1. The monoisotopic (exact) mass is 333 g/mol. The van der Waals surface area contributed by atoms with E-state index in [-0.39, 0.29) is 16.3 Å². The van der Waals surface area contributed by atoms with E-state index in [0.717, 1.165) is 37.5 Å². The topological polar surface area (TPSA) is 90.0 Å². The summed E-state index contributed by atoms with van der Waals surface area (Å²) in [7, 11) is -1.70. The lowest BCUT2D eigenvalue weighted by atomic mass is 10.3. The van der Waals surface area contributed by atoms with Crippen molar-refractivity contribution < 1.29 is 18.3 Å². The van der Waals surface area contributed by atoms with Crippen LogP contribution in [0, 0.1) is 0 Å². The molecule has 1 aromatic heterocycles. The molecule has 9 heteroatoms. The van der Waals surface area contributed by atoms with E-state index in [1.807, 2.05) is 0 Å². The number of nitrogens with zero attached hydrogens (tertiary/aromatic N) is 2. The Labute approximate surface area is 128 Å². The van der Waals surface area contributed by atoms with Crippen LogP contribution >= 0.6 is 11.3 Å². The molecule has 0 radical (unpaired) electrons. The molecule has 1 saturated heterocycles. The van der Waals surface area contributed by atoms with Crippen molar-refractivity contribution in [1.82, 2.24) is 14.5 Å². The Bertz CT molecular complexity index is 591. The van der Waals surface area contributed by atoms with Crippen LogP contribution < -0.4 is 4.72 Å². The standard InChI is InChI=1S/C12H19N3O4S2/c1-14-5-7-15(8-6-14)4-3-13-21(18,19)10-2-9-20-11(10)12(16)17/h2,9,13H,3-8H2,1H3,(H,16,17). The van der Waals surface area contributed by atoms with E-state index in [4.69, 9.17) is 5.11 Å². The van der Waals surface area contributed by atoms with Gasteiger partial charge in [-0.25, -0.2) is 17.9 Å². The van der Waals surface area contributed by atoms with Crippen molar-refractivity contribution in [1.29, 1.82) is 0 Å². The lowest BCUT2D eigenvalue weighted by Crippen LogP contribution is -2.46. The summed E-state index contributed by atoms with van der Waals surface area (Å²) >= 11 is 0.912. The van der Waals surface area contributed by atoms with Crippen LogP contribution in [0.25, 0.3) is 0 Å². The number of piperazine rings is 1. The second kappa shape index (κ2) is 6.84. The molecule has 1 aliphatic rings. The smallest absolute Gasteiger partial charge is 0.347 e. The quantitative estimate of drug-likeness (QED) is 0.760. The minimum Gasteiger partial charge on any atom is -0.477 e. The number of hydrogen-bond donors (Lipinski definition) is 2. The fourth-order valence-corrected chi connectivity index (χ4v) is 4.43. The molecule has 1 fully saturated rings. The number of aromatic carboxylic acids is 1. The zero-order valence-electron chi connectivity index (χ0n) is 11.8. The molecule has 0 spiro atoms. The summed E-state index contributed by atoms with van der Waals surface area (Å²) in [6.07, 6.45) is 0. The second-order valence-corrected chi connectivity index (χ2v) is 7.61. The minimum atomic E-state index is -3.76. The highest BCUT2D eigenvalue weighted by molar-refractivity contribution is 7.89. The number of sulfonamides is 1. The van der Waals surface area contributed by atoms with Crippen molar-refractivity contribution in [3.05, 3.63) is 16.3 Å². The van der Waals surface area contributed by atoms with Crippen LogP contribution in [-0.2, 0) is 10.0 Å². The molecular weight excluding hydrogens is 314 g/mol. The number of carbonyl (C=O) groups is 1. The van der Waals surface area contributed by atoms with Gasteiger partial charge in [0.05, 0.1) is 0 Å². The summed E-state index contributed by atoms with van der Waals surface area (Å²) in [6, 6.07) is 1.33. The van der Waals surface area contributed by atoms with Crippen LogP contribution in [0.15, 0.2) is 16.3 Å². The van der Waals surface area contributed by atoms with Crippen molar-refractivity contribution in [2.75, 3.05) is 46.3 Å². The first-order valence-corrected chi connectivity index (χ1v) is 8.98. The van der Waals surface area contributed by atoms with E-state index in [0.29, 0.717) is 6.54 Å². The van der Waals surface area contributed by atoms with E-state index < -0.39 is 16.0 Å². The number of thiophene rings is 1. The van der Waals surface area contributed by atoms with Crippen LogP contribution in [0.2, 0.25) is 0 Å². The van der Waals surface area contributed by atoms with E-state index in [9.17, 15) is 13.2 Å². The van der Waals surface area contributed by atoms with Crippen molar-refractivity contribution in [3.63, 3.8) is 0 Å². The minimum absolute atomic E-state index is 0.151. The van der Waals surface area contributed by atoms with Crippen molar-refractivity contribution in [2.45, 2.75) is 4.90 Å². The maximum atomic E-state index is 12.1. The van der Waals surface area contributed by atoms with Crippen LogP contribution in [-0.4, -0.2) is 75.6 Å². The summed E-state index contributed by atoms with van der Waals surface area (Å²) in [5.74, 6) is -1.22. The van der Waals surface area contributed by atoms with Gasteiger partial charge in [0.15, 0.2) is 0 Å². The lowest BCUT2D eigenvalue weighted by Gasteiger charge is -2.32. The average molecular weight is 333 g/mol. The summed E-state index contributed by atoms with van der Waals surface area (Å²) in [5.41, 5.74) is 0. The molecule has 21 heavy (non-hydrogen) atoms. The van der Waals surface area contributed by atoms with Gasteiger partial charge in [-0.3, -0.25) is 4.90 Å². The molecule has 2 rings (SSSR count). The van der Waals surface area contributed by atoms with Gasteiger partial charge in [-0.2, -0.15) is 0 Å². The van der Waals surface area contributed by atoms with Gasteiger partial charge < -0.3 is 10.0 Å². The SMILES string of the molecule is CN1CCN(CCNS(=O)(=O)c2ccsc2C(=O)O)CC1. The molecule has 0 bridgehead atoms. The predicted octanol–water partition coefficient (Wildman–Crippen LogP) is -0.0280. The number of likely N-dealkylation sites (N-methyl/N-ethyl adjacent to an activating group) is 1. The molecule has 2 heterocycles. The zero-order chi connectivity index (χ0) is 15.5. The third-order valence-electron chi connectivity index (χ3n) is 3.43. The normalized spacial score (nSPS) is 18.0. The number of nitrogens with one attached hydrogen (secondary N) is 1. The number of rotatable bonds is 6. The second-order valence-electron chi connectivity index (χ2n) is 4.96. The Morgan fingerprint density at radius 2 is 2.05 bits per heavy atom. The Hall–Kier alpha value is -1.00. The Kier molecular flexibility index (Phi) is 5.33. The van der Waals surface area contributed by atoms with Crippen LogP contribution in [0.3, 0.4) is 0 Å². The van der Waals surface area contributed by atoms with Gasteiger partial charge in [0.1, 0.15) is 9.77 Å². The van der Waals surface area contributed by atoms with E-state index in [1.165, 1.54) is 11.4 Å². The highest BCUT2D eigenvalue weighted by Crippen LogP contribution is 2.21. The molecule has 0 unspecified atom stereocenters. The molecule has 0 saturated carbocycles. The van der Waals surface area contributed by atoms with E-state index >= 15 is 0 Å². The fraction of sp³-hybridized carbons (Fsp3) is 0.583. The summed E-state index contributed by atoms with van der Waals surface area (Å²) < 4.78 is 26.7. The van der Waals surface area contributed by atoms with Gasteiger partial charge >= 0.3 is 5.97 Å². The Morgan fingerprint density at radius 1 is 1.38 bits per heavy atom. The lowest BCUT2D eigenvalue weighted by molar-refractivity contribution is 0.0698. The van der Waals surface area contributed by atoms with Gasteiger partial charge in [0, 0.05) is 39.3 Å². The highest BCUT2D eigenvalue weighted by atomic mass is 32.2. The fourth-order valence-electron chi connectivity index (χ4n) is 2.15. The molecule has 0 atom stereocenters. The van der Waals surface area contributed by atoms with Crippen molar-refractivity contribution in [3.8, 4) is 0 Å². The maximum Gasteiger partial charge on any atom is 0.347 e. The summed E-state index contributed by atoms with van der Waals surface area (Å²) in [6.45, 7) is 4.68. The molecule has 0 aromatic carbocycles. The molecule has 1 aromatic rings. The van der Waals surface area contributed by atoms with E-state index in [2.05, 4.69) is 21.6 Å². The molecule has 0 aliphatic carbocycles. The molecule has 1 aliphatic heterocycles. The highest BCUT2D eigenvalue weighted by Gasteiger charge is 2.23. The summed E-state index contributed by atoms with van der Waals surface area (Å²) in [5, 5.41) is 10.4. The number of hydrogen-bond acceptors (Lipinski definition) is 6. The average Bonchev–Trinajstić information content (AvgIpc) is 2.91. The first kappa shape index (κ1) is 16.4. The van der Waals surface area contributed by atoms with Gasteiger partial charge in [0.25, 0.3) is 0 Å². The third-order valence-corrected chi connectivity index (χ3v) is 5.96. The third kappa shape index (κ3) is 4.24. The van der Waals surface area contributed by atoms with Crippen molar-refractivity contribution >= 4 is 27.3 Å². The Morgan fingerprint density at radius 3 is 2.67 bits per heavy atom. The number of carboxylic acids is 1. The van der Waals surface area contributed by atoms with Crippen LogP contribution in [0.4, 0.5) is 0 Å². The molecule has 2 N–H and O–H groups in total. The first-order valence-electron chi connectivity index (χ1n) is 6.61. The number of carboxylic acid groups (broad SMARTS) is 1. The van der Waals surface area contributed by atoms with Gasteiger partial charge in [0.2, 0.25) is 10.0 Å². The van der Waals surface area contributed by atoms with Crippen molar-refractivity contribution in [2.24, 2.45) is 0 Å². The molecule has 118 valence electrons. The van der Waals surface area contributed by atoms with Gasteiger partial charge in [-0.05, 0) is 18.5 Å². The Balaban J connectivity index is 1.90. The zero-order valence-corrected chi connectivity index (χ0v) is 13.4. The molecule has 0 amide bonds. The van der Waals surface area contributed by atoms with Gasteiger partial charge in [-0.15, -0.1) is 11.3 Å². The molecule has 7 nitrogen and oxygen atoms in total. The van der Waals surface area contributed by atoms with Crippen LogP contribution in [0.1, 0.15) is 9.67 Å². The van der Waals surface area contributed by atoms with E-state index in [1.54, 1.807) is 0 Å². The largest absolute Gasteiger partial charge is 0.477 e. The predicted molar refractivity (Wildman–Crippen MR) is 80.4 cm³/mol. The maximum absolute atomic E-state index is 12.1. The molecular formula is C12H19N3O4S2.